The molecular weight excluding hydrogens is 470 g/mol. The average Bonchev–Trinajstić information content (AvgIpc) is 2.85. The zero-order chi connectivity index (χ0) is 23.9. The molecule has 0 saturated heterocycles. The van der Waals surface area contributed by atoms with Crippen LogP contribution < -0.4 is 0 Å². The van der Waals surface area contributed by atoms with Crippen LogP contribution in [0.1, 0.15) is 142 Å². The van der Waals surface area contributed by atoms with Crippen LogP contribution in [0.5, 0.6) is 0 Å². The van der Waals surface area contributed by atoms with Crippen molar-refractivity contribution in [2.24, 2.45) is 0 Å². The number of hydrogen-bond acceptors (Lipinski definition) is 0. The molecule has 0 nitrogen and oxygen atoms in total. The minimum Gasteiger partial charge on any atom is -0.147 e. The van der Waals surface area contributed by atoms with Crippen LogP contribution in [-0.2, 0) is 6.16 Å². The van der Waals surface area contributed by atoms with E-state index in [2.05, 4.69) is 51.1 Å². The predicted molar refractivity (Wildman–Crippen MR) is 169 cm³/mol. The molecule has 0 aliphatic carbocycles. The van der Waals surface area contributed by atoms with Crippen LogP contribution in [0.15, 0.2) is 30.3 Å². The van der Waals surface area contributed by atoms with Gasteiger partial charge in [0, 0.05) is 0 Å². The second-order valence-electron chi connectivity index (χ2n) is 10.7. The van der Waals surface area contributed by atoms with Gasteiger partial charge in [0.2, 0.25) is 0 Å². The van der Waals surface area contributed by atoms with Gasteiger partial charge in [-0.25, -0.2) is 0 Å². The van der Waals surface area contributed by atoms with Gasteiger partial charge in [0.05, 0.1) is 0 Å². The summed E-state index contributed by atoms with van der Waals surface area (Å²) in [4.78, 5) is 0. The maximum Gasteiger partial charge on any atom is -0.147 e. The maximum absolute atomic E-state index is 2.38. The van der Waals surface area contributed by atoms with E-state index in [9.17, 15) is 0 Å². The van der Waals surface area contributed by atoms with E-state index in [0.717, 1.165) is 0 Å². The fourth-order valence-corrected chi connectivity index (χ4v) is 15.1. The molecule has 0 N–H and O–H groups in total. The molecule has 0 saturated carbocycles. The molecule has 1 rings (SSSR count). The quantitative estimate of drug-likeness (QED) is 0.0920. The molecule has 202 valence electrons. The Hall–Kier alpha value is 0.370. The molecule has 0 amide bonds. The number of halogens is 1. The predicted octanol–water partition coefficient (Wildman–Crippen LogP) is 12.0. The Labute approximate surface area is 224 Å². The van der Waals surface area contributed by atoms with Gasteiger partial charge in [-0.1, -0.05) is 0 Å². The monoisotopic (exact) mass is 530 g/mol. The zero-order valence-corrected chi connectivity index (χ0v) is 26.2. The molecular formula is C31H61ClP2. The van der Waals surface area contributed by atoms with Crippen LogP contribution in [0.2, 0.25) is 0 Å². The van der Waals surface area contributed by atoms with E-state index in [4.69, 9.17) is 0 Å². The first kappa shape index (κ1) is 34.4. The van der Waals surface area contributed by atoms with E-state index in [1.807, 2.05) is 0 Å². The van der Waals surface area contributed by atoms with Gasteiger partial charge in [0.15, 0.2) is 0 Å². The Morgan fingerprint density at radius 3 is 1.24 bits per heavy atom. The van der Waals surface area contributed by atoms with Crippen LogP contribution in [0.4, 0.5) is 0 Å². The number of hydrogen-bond donors (Lipinski definition) is 0. The Balaban J connectivity index is 0.0000109. The van der Waals surface area contributed by atoms with Crippen molar-refractivity contribution in [1.82, 2.24) is 0 Å². The number of unbranched alkanes of at least 4 members (excludes halogenated alkanes) is 15. The van der Waals surface area contributed by atoms with Crippen molar-refractivity contribution in [3.8, 4) is 0 Å². The summed E-state index contributed by atoms with van der Waals surface area (Å²) in [6, 6.07) is 11.4. The molecule has 34 heavy (non-hydrogen) atoms. The van der Waals surface area contributed by atoms with Crippen LogP contribution in [0.25, 0.3) is 0 Å². The fraction of sp³-hybridized carbons (Fsp3) is 0.806. The molecule has 1 unspecified atom stereocenters. The van der Waals surface area contributed by atoms with E-state index in [1.165, 1.54) is 130 Å². The summed E-state index contributed by atoms with van der Waals surface area (Å²) < 4.78 is 0. The minimum atomic E-state index is -1.16. The van der Waals surface area contributed by atoms with Crippen LogP contribution in [0, 0.1) is 0 Å². The normalized spacial score (nSPS) is 12.3. The van der Waals surface area contributed by atoms with Gasteiger partial charge in [-0.05, 0) is 0 Å². The van der Waals surface area contributed by atoms with E-state index in [1.54, 1.807) is 24.0 Å². The van der Waals surface area contributed by atoms with Crippen molar-refractivity contribution in [3.63, 3.8) is 0 Å². The van der Waals surface area contributed by atoms with Gasteiger partial charge < -0.3 is 0 Å². The third kappa shape index (κ3) is 18.6. The Morgan fingerprint density at radius 1 is 0.500 bits per heavy atom. The molecule has 0 aliphatic heterocycles. The number of benzene rings is 1. The largest absolute Gasteiger partial charge is 0.147 e. The molecule has 0 aliphatic rings. The van der Waals surface area contributed by atoms with Crippen LogP contribution >= 0.6 is 27.6 Å². The molecule has 1 aromatic rings. The summed E-state index contributed by atoms with van der Waals surface area (Å²) in [6.07, 6.45) is 32.6. The summed E-state index contributed by atoms with van der Waals surface area (Å²) in [5, 5.41) is 0. The van der Waals surface area contributed by atoms with Crippen molar-refractivity contribution >= 4 is 27.6 Å². The third-order valence-electron chi connectivity index (χ3n) is 7.54. The second-order valence-corrected chi connectivity index (χ2v) is 19.7. The molecule has 0 bridgehead atoms. The summed E-state index contributed by atoms with van der Waals surface area (Å²) >= 11 is 0. The van der Waals surface area contributed by atoms with Gasteiger partial charge in [-0.15, -0.1) is 12.4 Å². The van der Waals surface area contributed by atoms with E-state index >= 15 is 0 Å². The summed E-state index contributed by atoms with van der Waals surface area (Å²) in [7, 11) is 1.25. The number of rotatable bonds is 24. The summed E-state index contributed by atoms with van der Waals surface area (Å²) in [5.74, 6) is 0. The van der Waals surface area contributed by atoms with Gasteiger partial charge in [0.1, 0.15) is 0 Å². The Morgan fingerprint density at radius 2 is 0.853 bits per heavy atom. The minimum absolute atomic E-state index is 0. The van der Waals surface area contributed by atoms with Crippen molar-refractivity contribution in [1.29, 1.82) is 0 Å². The molecule has 0 aromatic heterocycles. The summed E-state index contributed by atoms with van der Waals surface area (Å²) in [5.41, 5.74) is 1.60. The SMILES string of the molecule is CCCCCCCC[PH](CCCCCCCC)(CCCCCCCC)PCc1ccccc1.Cl. The second kappa shape index (κ2) is 25.0. The van der Waals surface area contributed by atoms with Crippen molar-refractivity contribution in [3.05, 3.63) is 35.9 Å². The first-order chi connectivity index (χ1) is 16.3. The topological polar surface area (TPSA) is 0 Å². The molecule has 1 atom stereocenters. The van der Waals surface area contributed by atoms with Crippen LogP contribution in [-0.4, -0.2) is 18.5 Å². The molecule has 1 aromatic carbocycles. The zero-order valence-electron chi connectivity index (χ0n) is 23.4. The average molecular weight is 531 g/mol. The van der Waals surface area contributed by atoms with Crippen molar-refractivity contribution in [2.45, 2.75) is 143 Å². The van der Waals surface area contributed by atoms with Gasteiger partial charge in [-0.2, -0.15) is 0 Å². The Bertz CT molecular complexity index is 479. The first-order valence-corrected chi connectivity index (χ1v) is 19.9. The molecule has 0 heterocycles. The molecule has 0 spiro atoms. The Kier molecular flexibility index (Phi) is 25.3. The molecule has 0 radical (unpaired) electrons. The van der Waals surface area contributed by atoms with Crippen molar-refractivity contribution < 1.29 is 0 Å². The van der Waals surface area contributed by atoms with E-state index < -0.39 is 6.95 Å². The van der Waals surface area contributed by atoms with Gasteiger partial charge in [-0.3, -0.25) is 0 Å². The van der Waals surface area contributed by atoms with Crippen molar-refractivity contribution in [2.75, 3.05) is 18.5 Å². The van der Waals surface area contributed by atoms with Gasteiger partial charge >= 0.3 is 212 Å². The van der Waals surface area contributed by atoms with Crippen LogP contribution in [0.3, 0.4) is 0 Å². The third-order valence-corrected chi connectivity index (χ3v) is 17.8. The maximum atomic E-state index is 2.38. The first-order valence-electron chi connectivity index (χ1n) is 15.0. The summed E-state index contributed by atoms with van der Waals surface area (Å²) in [6.45, 7) is 5.85. The molecule has 0 fully saturated rings. The molecule has 3 heteroatoms. The smallest absolute Gasteiger partial charge is 0.147 e. The standard InChI is InChI=1S/C31H60P2.ClH/c1-4-7-10-13-16-22-27-33(28-23-17-14-11-8-5-2,29-24-18-15-12-9-6-3)32-30-31-25-20-19-21-26-31;/h19-21,25-26,32-33H,4-18,22-24,27-30H2,1-3H3;1H. The fourth-order valence-electron chi connectivity index (χ4n) is 5.26. The van der Waals surface area contributed by atoms with Gasteiger partial charge in [0.25, 0.3) is 0 Å². The van der Waals surface area contributed by atoms with E-state index in [-0.39, 0.29) is 12.4 Å². The van der Waals surface area contributed by atoms with E-state index in [0.29, 0.717) is 0 Å².